The highest BCUT2D eigenvalue weighted by Crippen LogP contribution is 2.30. The second-order valence-electron chi connectivity index (χ2n) is 7.08. The van der Waals surface area contributed by atoms with Crippen molar-refractivity contribution in [2.75, 3.05) is 12.4 Å². The molecule has 1 N–H and O–H groups in total. The van der Waals surface area contributed by atoms with E-state index in [0.717, 1.165) is 0 Å². The first-order chi connectivity index (χ1) is 14.8. The van der Waals surface area contributed by atoms with Gasteiger partial charge in [0.1, 0.15) is 0 Å². The highest BCUT2D eigenvalue weighted by Gasteiger charge is 2.24. The maximum atomic E-state index is 12.3. The van der Waals surface area contributed by atoms with Crippen LogP contribution in [0, 0.1) is 5.92 Å². The quantitative estimate of drug-likeness (QED) is 0.434. The highest BCUT2D eigenvalue weighted by atomic mass is 16.6. The Hall–Kier alpha value is -3.94. The Morgan fingerprint density at radius 3 is 2.42 bits per heavy atom. The number of carbonyl (C=O) groups excluding carboxylic acids is 3. The van der Waals surface area contributed by atoms with Gasteiger partial charge in [-0.05, 0) is 48.0 Å². The molecule has 0 aliphatic carbocycles. The van der Waals surface area contributed by atoms with Crippen LogP contribution in [0.2, 0.25) is 0 Å². The number of hydrogen-bond donors (Lipinski definition) is 1. The van der Waals surface area contributed by atoms with Gasteiger partial charge in [0.15, 0.2) is 17.2 Å². The lowest BCUT2D eigenvalue weighted by Gasteiger charge is -2.11. The van der Waals surface area contributed by atoms with Crippen molar-refractivity contribution in [3.05, 3.63) is 59.3 Å². The minimum atomic E-state index is -0.588. The molecule has 0 aromatic heterocycles. The number of amides is 1. The molecule has 2 aromatic carbocycles. The first-order valence-electron chi connectivity index (χ1n) is 9.57. The summed E-state index contributed by atoms with van der Waals surface area (Å²) in [6.07, 6.45) is 1.55. The number of nitrogens with zero attached hydrogens (tertiary/aromatic N) is 1. The van der Waals surface area contributed by atoms with Crippen molar-refractivity contribution in [1.82, 2.24) is 0 Å². The predicted octanol–water partition coefficient (Wildman–Crippen LogP) is 3.56. The van der Waals surface area contributed by atoms with Crippen LogP contribution in [0.1, 0.15) is 31.9 Å². The molecular weight excluding hydrogens is 400 g/mol. The third-order valence-electron chi connectivity index (χ3n) is 4.25. The van der Waals surface area contributed by atoms with Gasteiger partial charge in [0.2, 0.25) is 11.8 Å². The van der Waals surface area contributed by atoms with E-state index >= 15 is 0 Å². The molecule has 0 bridgehead atoms. The van der Waals surface area contributed by atoms with Crippen LogP contribution < -0.4 is 14.8 Å². The molecule has 3 rings (SSSR count). The maximum absolute atomic E-state index is 12.3. The number of benzene rings is 2. The second kappa shape index (κ2) is 9.25. The van der Waals surface area contributed by atoms with Gasteiger partial charge in [-0.3, -0.25) is 9.59 Å². The minimum absolute atomic E-state index is 0.120. The lowest BCUT2D eigenvalue weighted by molar-refractivity contribution is -0.138. The first kappa shape index (κ1) is 21.8. The maximum Gasteiger partial charge on any atom is 0.363 e. The van der Waals surface area contributed by atoms with E-state index in [0.29, 0.717) is 28.3 Å². The third-order valence-corrected chi connectivity index (χ3v) is 4.25. The van der Waals surface area contributed by atoms with E-state index in [1.807, 2.05) is 0 Å². The lowest BCUT2D eigenvalue weighted by Crippen LogP contribution is -2.15. The molecule has 0 unspecified atom stereocenters. The van der Waals surface area contributed by atoms with Gasteiger partial charge in [0.05, 0.1) is 13.0 Å². The number of hydrogen-bond acceptors (Lipinski definition) is 7. The standard InChI is InChI=1S/C23H22N2O6/c1-13(2)22(27)30-19-10-5-15(12-20(19)29-4)11-18-23(28)31-21(25-18)16-6-8-17(9-7-16)24-14(3)26/h5-13H,1-4H3,(H,24,26)/b18-11+. The van der Waals surface area contributed by atoms with Crippen molar-refractivity contribution < 1.29 is 28.6 Å². The van der Waals surface area contributed by atoms with E-state index in [2.05, 4.69) is 10.3 Å². The number of cyclic esters (lactones) is 1. The molecule has 1 aliphatic rings. The van der Waals surface area contributed by atoms with E-state index in [9.17, 15) is 14.4 Å². The summed E-state index contributed by atoms with van der Waals surface area (Å²) >= 11 is 0. The molecule has 8 heteroatoms. The van der Waals surface area contributed by atoms with Crippen molar-refractivity contribution in [1.29, 1.82) is 0 Å². The number of aliphatic imine (C=N–C) groups is 1. The zero-order valence-corrected chi connectivity index (χ0v) is 17.6. The molecule has 0 radical (unpaired) electrons. The summed E-state index contributed by atoms with van der Waals surface area (Å²) in [5.74, 6) is -0.603. The Morgan fingerprint density at radius 2 is 1.81 bits per heavy atom. The molecule has 31 heavy (non-hydrogen) atoms. The van der Waals surface area contributed by atoms with Gasteiger partial charge >= 0.3 is 11.9 Å². The second-order valence-corrected chi connectivity index (χ2v) is 7.08. The summed E-state index contributed by atoms with van der Waals surface area (Å²) in [5.41, 5.74) is 1.97. The summed E-state index contributed by atoms with van der Waals surface area (Å²) in [4.78, 5) is 39.5. The monoisotopic (exact) mass is 422 g/mol. The van der Waals surface area contributed by atoms with Gasteiger partial charge in [-0.2, -0.15) is 0 Å². The fourth-order valence-corrected chi connectivity index (χ4v) is 2.67. The lowest BCUT2D eigenvalue weighted by atomic mass is 10.1. The Balaban J connectivity index is 1.82. The molecule has 1 heterocycles. The number of ether oxygens (including phenoxy) is 3. The van der Waals surface area contributed by atoms with Gasteiger partial charge in [-0.1, -0.05) is 19.9 Å². The van der Waals surface area contributed by atoms with Gasteiger partial charge < -0.3 is 19.5 Å². The van der Waals surface area contributed by atoms with Crippen LogP contribution in [-0.2, 0) is 19.1 Å². The number of nitrogens with one attached hydrogen (secondary N) is 1. The molecule has 1 amide bonds. The summed E-state index contributed by atoms with van der Waals surface area (Å²) in [6, 6.07) is 11.7. The van der Waals surface area contributed by atoms with Gasteiger partial charge in [-0.15, -0.1) is 0 Å². The number of rotatable bonds is 6. The summed E-state index contributed by atoms with van der Waals surface area (Å²) < 4.78 is 15.9. The van der Waals surface area contributed by atoms with Crippen LogP contribution >= 0.6 is 0 Å². The summed E-state index contributed by atoms with van der Waals surface area (Å²) in [5, 5.41) is 2.66. The fraction of sp³-hybridized carbons (Fsp3) is 0.217. The average Bonchev–Trinajstić information content (AvgIpc) is 3.09. The minimum Gasteiger partial charge on any atom is -0.493 e. The van der Waals surface area contributed by atoms with E-state index < -0.39 is 5.97 Å². The zero-order valence-electron chi connectivity index (χ0n) is 17.6. The molecule has 160 valence electrons. The molecule has 0 saturated heterocycles. The Kier molecular flexibility index (Phi) is 6.49. The van der Waals surface area contributed by atoms with E-state index in [1.165, 1.54) is 14.0 Å². The normalized spacial score (nSPS) is 14.3. The molecule has 0 saturated carbocycles. The van der Waals surface area contributed by atoms with Crippen molar-refractivity contribution in [2.24, 2.45) is 10.9 Å². The molecule has 0 atom stereocenters. The molecule has 0 spiro atoms. The average molecular weight is 422 g/mol. The van der Waals surface area contributed by atoms with Crippen molar-refractivity contribution in [2.45, 2.75) is 20.8 Å². The predicted molar refractivity (Wildman–Crippen MR) is 115 cm³/mol. The van der Waals surface area contributed by atoms with E-state index in [-0.39, 0.29) is 29.4 Å². The molecule has 8 nitrogen and oxygen atoms in total. The topological polar surface area (TPSA) is 103 Å². The van der Waals surface area contributed by atoms with Gasteiger partial charge in [0.25, 0.3) is 0 Å². The fourth-order valence-electron chi connectivity index (χ4n) is 2.67. The molecular formula is C23H22N2O6. The van der Waals surface area contributed by atoms with Crippen molar-refractivity contribution in [3.63, 3.8) is 0 Å². The smallest absolute Gasteiger partial charge is 0.363 e. The van der Waals surface area contributed by atoms with Crippen LogP contribution in [0.3, 0.4) is 0 Å². The van der Waals surface area contributed by atoms with Crippen LogP contribution in [0.25, 0.3) is 6.08 Å². The third kappa shape index (κ3) is 5.36. The Bertz CT molecular complexity index is 1080. The Labute approximate surface area is 179 Å². The SMILES string of the molecule is COc1cc(/C=C2/N=C(c3ccc(NC(C)=O)cc3)OC2=O)ccc1OC(=O)C(C)C. The molecule has 1 aliphatic heterocycles. The number of methoxy groups -OCH3 is 1. The van der Waals surface area contributed by atoms with Crippen LogP contribution in [-0.4, -0.2) is 30.9 Å². The number of esters is 2. The van der Waals surface area contributed by atoms with Crippen molar-refractivity contribution in [3.8, 4) is 11.5 Å². The highest BCUT2D eigenvalue weighted by molar-refractivity contribution is 6.13. The molecule has 0 fully saturated rings. The van der Waals surface area contributed by atoms with Gasteiger partial charge in [0, 0.05) is 18.2 Å². The summed E-state index contributed by atoms with van der Waals surface area (Å²) in [7, 11) is 1.46. The summed E-state index contributed by atoms with van der Waals surface area (Å²) in [6.45, 7) is 4.90. The van der Waals surface area contributed by atoms with Crippen molar-refractivity contribution >= 4 is 35.5 Å². The van der Waals surface area contributed by atoms with Crippen LogP contribution in [0.4, 0.5) is 5.69 Å². The van der Waals surface area contributed by atoms with Crippen LogP contribution in [0.5, 0.6) is 11.5 Å². The van der Waals surface area contributed by atoms with Gasteiger partial charge in [-0.25, -0.2) is 9.79 Å². The molecule has 2 aromatic rings. The Morgan fingerprint density at radius 1 is 1.10 bits per heavy atom. The largest absolute Gasteiger partial charge is 0.493 e. The van der Waals surface area contributed by atoms with E-state index in [1.54, 1.807) is 62.4 Å². The first-order valence-corrected chi connectivity index (χ1v) is 9.57. The van der Waals surface area contributed by atoms with Crippen LogP contribution in [0.15, 0.2) is 53.2 Å². The number of carbonyl (C=O) groups is 3. The zero-order chi connectivity index (χ0) is 22.5. The number of anilines is 1. The van der Waals surface area contributed by atoms with E-state index in [4.69, 9.17) is 14.2 Å².